The maximum absolute atomic E-state index is 5.34. The molecular weight excluding hydrogens is 332 g/mol. The Morgan fingerprint density at radius 2 is 2.18 bits per heavy atom. The molecular formula is C15H16N4S3. The summed E-state index contributed by atoms with van der Waals surface area (Å²) >= 11 is 8.68. The van der Waals surface area contributed by atoms with Gasteiger partial charge in [-0.25, -0.2) is 9.67 Å². The van der Waals surface area contributed by atoms with Crippen molar-refractivity contribution in [2.75, 3.05) is 6.54 Å². The van der Waals surface area contributed by atoms with E-state index in [-0.39, 0.29) is 0 Å². The number of thiazole rings is 1. The number of aromatic nitrogens is 3. The molecule has 22 heavy (non-hydrogen) atoms. The molecule has 7 heteroatoms. The minimum Gasteiger partial charge on any atom is -0.275 e. The van der Waals surface area contributed by atoms with Crippen LogP contribution in [-0.2, 0) is 6.67 Å². The van der Waals surface area contributed by atoms with E-state index in [1.165, 1.54) is 33.9 Å². The molecule has 1 aliphatic rings. The Kier molecular flexibility index (Phi) is 4.04. The second-order valence-electron chi connectivity index (χ2n) is 5.49. The van der Waals surface area contributed by atoms with Crippen LogP contribution in [0.25, 0.3) is 10.2 Å². The maximum Gasteiger partial charge on any atom is 0.180 e. The quantitative estimate of drug-likeness (QED) is 0.654. The third kappa shape index (κ3) is 2.74. The standard InChI is InChI=1S/C15H16N4S3/c20-15-19(16-9-21-15)10-18-8-4-3-6-12(18)14-17-11-5-1-2-7-13(11)22-14/h1-2,5,7,9,12H,3-4,6,8,10H2. The van der Waals surface area contributed by atoms with Crippen LogP contribution in [0, 0.1) is 3.95 Å². The van der Waals surface area contributed by atoms with Gasteiger partial charge in [0.05, 0.1) is 22.9 Å². The number of piperidine rings is 1. The number of para-hydroxylation sites is 1. The van der Waals surface area contributed by atoms with Crippen molar-refractivity contribution < 1.29 is 0 Å². The monoisotopic (exact) mass is 348 g/mol. The Labute approximate surface area is 142 Å². The first kappa shape index (κ1) is 14.4. The van der Waals surface area contributed by atoms with Crippen molar-refractivity contribution in [2.24, 2.45) is 0 Å². The van der Waals surface area contributed by atoms with E-state index in [1.54, 1.807) is 0 Å². The number of hydrogen-bond donors (Lipinski definition) is 0. The molecule has 1 saturated heterocycles. The Morgan fingerprint density at radius 1 is 1.27 bits per heavy atom. The van der Waals surface area contributed by atoms with E-state index in [4.69, 9.17) is 17.2 Å². The smallest absolute Gasteiger partial charge is 0.180 e. The number of fused-ring (bicyclic) bond motifs is 1. The zero-order chi connectivity index (χ0) is 14.9. The van der Waals surface area contributed by atoms with Crippen LogP contribution in [0.4, 0.5) is 0 Å². The fourth-order valence-corrected chi connectivity index (χ4v) is 4.82. The van der Waals surface area contributed by atoms with Gasteiger partial charge in [0.1, 0.15) is 10.5 Å². The summed E-state index contributed by atoms with van der Waals surface area (Å²) < 4.78 is 4.04. The molecule has 1 unspecified atom stereocenters. The van der Waals surface area contributed by atoms with Crippen molar-refractivity contribution in [3.05, 3.63) is 38.7 Å². The van der Waals surface area contributed by atoms with E-state index in [9.17, 15) is 0 Å². The summed E-state index contributed by atoms with van der Waals surface area (Å²) in [5.74, 6) is 0. The second kappa shape index (κ2) is 6.16. The summed E-state index contributed by atoms with van der Waals surface area (Å²) in [6.45, 7) is 1.85. The number of hydrogen-bond acceptors (Lipinski definition) is 6. The molecule has 0 saturated carbocycles. The lowest BCUT2D eigenvalue weighted by molar-refractivity contribution is 0.104. The lowest BCUT2D eigenvalue weighted by Gasteiger charge is -2.34. The van der Waals surface area contributed by atoms with Gasteiger partial charge < -0.3 is 0 Å². The molecule has 114 valence electrons. The van der Waals surface area contributed by atoms with Crippen molar-refractivity contribution in [1.82, 2.24) is 19.7 Å². The zero-order valence-electron chi connectivity index (χ0n) is 12.0. The lowest BCUT2D eigenvalue weighted by Crippen LogP contribution is -2.35. The van der Waals surface area contributed by atoms with Gasteiger partial charge in [0.15, 0.2) is 3.95 Å². The van der Waals surface area contributed by atoms with Crippen LogP contribution in [-0.4, -0.2) is 26.2 Å². The van der Waals surface area contributed by atoms with Crippen molar-refractivity contribution in [1.29, 1.82) is 0 Å². The minimum absolute atomic E-state index is 0.384. The average molecular weight is 349 g/mol. The van der Waals surface area contributed by atoms with Gasteiger partial charge in [-0.3, -0.25) is 4.90 Å². The molecule has 3 heterocycles. The summed E-state index contributed by atoms with van der Waals surface area (Å²) in [5.41, 5.74) is 2.93. The number of likely N-dealkylation sites (tertiary alicyclic amines) is 1. The summed E-state index contributed by atoms with van der Waals surface area (Å²) in [7, 11) is 0. The molecule has 3 aromatic rings. The molecule has 4 rings (SSSR count). The molecule has 0 amide bonds. The maximum atomic E-state index is 5.34. The van der Waals surface area contributed by atoms with Gasteiger partial charge in [-0.1, -0.05) is 29.9 Å². The fraction of sp³-hybridized carbons (Fsp3) is 0.400. The highest BCUT2D eigenvalue weighted by atomic mass is 32.1. The molecule has 0 spiro atoms. The average Bonchev–Trinajstić information content (AvgIpc) is 3.14. The third-order valence-electron chi connectivity index (χ3n) is 4.08. The zero-order valence-corrected chi connectivity index (χ0v) is 14.5. The highest BCUT2D eigenvalue weighted by Crippen LogP contribution is 2.35. The molecule has 1 aliphatic heterocycles. The molecule has 0 bridgehead atoms. The van der Waals surface area contributed by atoms with E-state index < -0.39 is 0 Å². The molecule has 1 aromatic carbocycles. The van der Waals surface area contributed by atoms with Gasteiger partial charge in [0, 0.05) is 6.54 Å². The predicted octanol–water partition coefficient (Wildman–Crippen LogP) is 4.47. The Balaban J connectivity index is 1.65. The third-order valence-corrected chi connectivity index (χ3v) is 6.32. The minimum atomic E-state index is 0.384. The first-order valence-electron chi connectivity index (χ1n) is 7.41. The summed E-state index contributed by atoms with van der Waals surface area (Å²) in [4.78, 5) is 7.33. The predicted molar refractivity (Wildman–Crippen MR) is 93.9 cm³/mol. The lowest BCUT2D eigenvalue weighted by atomic mass is 10.0. The number of nitrogens with zero attached hydrogens (tertiary/aromatic N) is 4. The molecule has 2 aromatic heterocycles. The van der Waals surface area contributed by atoms with Crippen molar-refractivity contribution in [3.8, 4) is 0 Å². The second-order valence-corrected chi connectivity index (χ2v) is 8.03. The summed E-state index contributed by atoms with van der Waals surface area (Å²) in [6, 6.07) is 8.77. The Morgan fingerprint density at radius 3 is 3.00 bits per heavy atom. The van der Waals surface area contributed by atoms with E-state index in [2.05, 4.69) is 34.3 Å². The van der Waals surface area contributed by atoms with E-state index >= 15 is 0 Å². The largest absolute Gasteiger partial charge is 0.275 e. The highest BCUT2D eigenvalue weighted by molar-refractivity contribution is 7.73. The van der Waals surface area contributed by atoms with Crippen LogP contribution in [0.15, 0.2) is 29.8 Å². The number of benzene rings is 1. The normalized spacial score (nSPS) is 19.7. The molecule has 4 nitrogen and oxygen atoms in total. The first-order chi connectivity index (χ1) is 10.8. The Hall–Kier alpha value is -1.15. The van der Waals surface area contributed by atoms with Crippen molar-refractivity contribution in [2.45, 2.75) is 32.0 Å². The van der Waals surface area contributed by atoms with Gasteiger partial charge in [0.2, 0.25) is 0 Å². The van der Waals surface area contributed by atoms with Crippen LogP contribution >= 0.6 is 34.9 Å². The van der Waals surface area contributed by atoms with E-state index in [0.717, 1.165) is 29.1 Å². The van der Waals surface area contributed by atoms with E-state index in [0.29, 0.717) is 6.04 Å². The van der Waals surface area contributed by atoms with Gasteiger partial charge in [-0.2, -0.15) is 5.10 Å². The number of rotatable bonds is 3. The van der Waals surface area contributed by atoms with Crippen LogP contribution in [0.1, 0.15) is 30.3 Å². The molecule has 0 N–H and O–H groups in total. The van der Waals surface area contributed by atoms with Crippen LogP contribution in [0.2, 0.25) is 0 Å². The Bertz CT molecular complexity index is 801. The van der Waals surface area contributed by atoms with Crippen LogP contribution in [0.5, 0.6) is 0 Å². The summed E-state index contributed by atoms with van der Waals surface area (Å²) in [5, 5.41) is 5.58. The molecule has 1 fully saturated rings. The van der Waals surface area contributed by atoms with Gasteiger partial charge in [-0.15, -0.1) is 11.3 Å². The SMILES string of the molecule is S=c1scnn1CN1CCCCC1c1nc2ccccc2s1. The summed E-state index contributed by atoms with van der Waals surface area (Å²) in [6.07, 6.45) is 3.66. The first-order valence-corrected chi connectivity index (χ1v) is 9.52. The fourth-order valence-electron chi connectivity index (χ4n) is 2.97. The van der Waals surface area contributed by atoms with Crippen molar-refractivity contribution in [3.63, 3.8) is 0 Å². The van der Waals surface area contributed by atoms with E-state index in [1.807, 2.05) is 21.5 Å². The molecule has 0 radical (unpaired) electrons. The topological polar surface area (TPSA) is 34.0 Å². The van der Waals surface area contributed by atoms with Crippen molar-refractivity contribution >= 4 is 45.1 Å². The van der Waals surface area contributed by atoms with Gasteiger partial charge in [0.25, 0.3) is 0 Å². The van der Waals surface area contributed by atoms with Crippen LogP contribution in [0.3, 0.4) is 0 Å². The van der Waals surface area contributed by atoms with Crippen LogP contribution < -0.4 is 0 Å². The molecule has 0 aliphatic carbocycles. The van der Waals surface area contributed by atoms with Gasteiger partial charge in [-0.05, 0) is 37.2 Å². The van der Waals surface area contributed by atoms with Gasteiger partial charge >= 0.3 is 0 Å². The highest BCUT2D eigenvalue weighted by Gasteiger charge is 2.27. The molecule has 1 atom stereocenters.